The molecular formula is C15H21BFNO2. The van der Waals surface area contributed by atoms with E-state index in [1.807, 2.05) is 27.7 Å². The van der Waals surface area contributed by atoms with Gasteiger partial charge in [0.1, 0.15) is 5.82 Å². The van der Waals surface area contributed by atoms with E-state index in [4.69, 9.17) is 9.31 Å². The molecule has 108 valence electrons. The second-order valence-corrected chi connectivity index (χ2v) is 6.93. The van der Waals surface area contributed by atoms with Crippen LogP contribution in [-0.2, 0) is 15.7 Å². The van der Waals surface area contributed by atoms with Crippen LogP contribution >= 0.6 is 0 Å². The number of halogens is 1. The molecule has 0 amide bonds. The number of aromatic nitrogens is 1. The molecule has 2 heterocycles. The van der Waals surface area contributed by atoms with Gasteiger partial charge in [-0.3, -0.25) is 4.98 Å². The second-order valence-electron chi connectivity index (χ2n) is 6.93. The van der Waals surface area contributed by atoms with Crippen LogP contribution in [0.4, 0.5) is 4.39 Å². The zero-order valence-corrected chi connectivity index (χ0v) is 12.6. The van der Waals surface area contributed by atoms with Gasteiger partial charge in [-0.1, -0.05) is 0 Å². The highest BCUT2D eigenvalue weighted by molar-refractivity contribution is 6.62. The van der Waals surface area contributed by atoms with Crippen molar-refractivity contribution in [3.63, 3.8) is 0 Å². The minimum absolute atomic E-state index is 0.339. The lowest BCUT2D eigenvalue weighted by Gasteiger charge is -2.32. The van der Waals surface area contributed by atoms with E-state index >= 15 is 0 Å². The molecule has 5 heteroatoms. The van der Waals surface area contributed by atoms with E-state index in [0.29, 0.717) is 5.92 Å². The predicted octanol–water partition coefficient (Wildman–Crippen LogP) is 2.47. The van der Waals surface area contributed by atoms with Crippen LogP contribution in [0.3, 0.4) is 0 Å². The van der Waals surface area contributed by atoms with Crippen LogP contribution in [0, 0.1) is 11.7 Å². The molecule has 0 bridgehead atoms. The van der Waals surface area contributed by atoms with Gasteiger partial charge in [-0.05, 0) is 58.9 Å². The Labute approximate surface area is 120 Å². The second kappa shape index (κ2) is 4.53. The lowest BCUT2D eigenvalue weighted by atomic mass is 9.77. The summed E-state index contributed by atoms with van der Waals surface area (Å²) in [6, 6.07) is 1.51. The van der Waals surface area contributed by atoms with Gasteiger partial charge in [0, 0.05) is 11.2 Å². The van der Waals surface area contributed by atoms with E-state index in [1.165, 1.54) is 25.1 Å². The maximum Gasteiger partial charge on any atom is 0.496 e. The highest BCUT2D eigenvalue weighted by Gasteiger charge is 2.52. The summed E-state index contributed by atoms with van der Waals surface area (Å²) >= 11 is 0. The van der Waals surface area contributed by atoms with Crippen LogP contribution in [0.2, 0.25) is 0 Å². The van der Waals surface area contributed by atoms with Crippen molar-refractivity contribution in [2.75, 3.05) is 0 Å². The van der Waals surface area contributed by atoms with Crippen molar-refractivity contribution in [1.82, 2.24) is 4.98 Å². The van der Waals surface area contributed by atoms with Gasteiger partial charge in [0.2, 0.25) is 0 Å². The molecule has 0 atom stereocenters. The number of rotatable bonds is 3. The largest absolute Gasteiger partial charge is 0.496 e. The molecule has 0 N–H and O–H groups in total. The maximum absolute atomic E-state index is 13.6. The summed E-state index contributed by atoms with van der Waals surface area (Å²) in [5.74, 6) is 0.350. The Hall–Kier alpha value is -0.935. The van der Waals surface area contributed by atoms with Crippen molar-refractivity contribution >= 4 is 12.6 Å². The van der Waals surface area contributed by atoms with Crippen LogP contribution in [0.15, 0.2) is 12.3 Å². The van der Waals surface area contributed by atoms with E-state index in [0.717, 1.165) is 17.6 Å². The molecule has 0 spiro atoms. The van der Waals surface area contributed by atoms with Crippen molar-refractivity contribution in [2.45, 2.75) is 58.2 Å². The zero-order chi connectivity index (χ0) is 14.5. The molecule has 2 aliphatic rings. The average Bonchev–Trinajstić information content (AvgIpc) is 3.10. The van der Waals surface area contributed by atoms with Gasteiger partial charge in [0.25, 0.3) is 0 Å². The summed E-state index contributed by atoms with van der Waals surface area (Å²) in [5.41, 5.74) is 0.824. The third-order valence-corrected chi connectivity index (χ3v) is 4.66. The minimum Gasteiger partial charge on any atom is -0.399 e. The molecule has 1 aliphatic heterocycles. The van der Waals surface area contributed by atoms with Crippen LogP contribution < -0.4 is 5.46 Å². The topological polar surface area (TPSA) is 31.4 Å². The Balaban J connectivity index is 1.91. The molecule has 1 saturated carbocycles. The third kappa shape index (κ3) is 2.49. The van der Waals surface area contributed by atoms with E-state index in [9.17, 15) is 4.39 Å². The van der Waals surface area contributed by atoms with Gasteiger partial charge in [0.15, 0.2) is 0 Å². The van der Waals surface area contributed by atoms with Crippen LogP contribution in [0.25, 0.3) is 0 Å². The lowest BCUT2D eigenvalue weighted by Crippen LogP contribution is -2.41. The SMILES string of the molecule is CC1(C)OB(c2cc(F)cnc2CC2CC2)OC1(C)C. The smallest absolute Gasteiger partial charge is 0.399 e. The fraction of sp³-hybridized carbons (Fsp3) is 0.667. The van der Waals surface area contributed by atoms with Crippen LogP contribution in [0.1, 0.15) is 46.2 Å². The molecule has 0 aromatic carbocycles. The Morgan fingerprint density at radius 2 is 1.85 bits per heavy atom. The Morgan fingerprint density at radius 1 is 1.25 bits per heavy atom. The zero-order valence-electron chi connectivity index (χ0n) is 12.6. The third-order valence-electron chi connectivity index (χ3n) is 4.66. The summed E-state index contributed by atoms with van der Waals surface area (Å²) < 4.78 is 25.6. The summed E-state index contributed by atoms with van der Waals surface area (Å²) in [7, 11) is -0.531. The van der Waals surface area contributed by atoms with Crippen molar-refractivity contribution in [2.24, 2.45) is 5.92 Å². The first-order chi connectivity index (χ1) is 9.28. The fourth-order valence-electron chi connectivity index (χ4n) is 2.42. The number of hydrogen-bond donors (Lipinski definition) is 0. The highest BCUT2D eigenvalue weighted by atomic mass is 19.1. The molecule has 1 aliphatic carbocycles. The van der Waals surface area contributed by atoms with Crippen LogP contribution in [0.5, 0.6) is 0 Å². The molecule has 3 nitrogen and oxygen atoms in total. The van der Waals surface area contributed by atoms with Gasteiger partial charge < -0.3 is 9.31 Å². The van der Waals surface area contributed by atoms with Gasteiger partial charge in [0.05, 0.1) is 17.4 Å². The van der Waals surface area contributed by atoms with Gasteiger partial charge in [-0.25, -0.2) is 4.39 Å². The van der Waals surface area contributed by atoms with Gasteiger partial charge >= 0.3 is 7.12 Å². The monoisotopic (exact) mass is 277 g/mol. The molecule has 0 unspecified atom stereocenters. The molecular weight excluding hydrogens is 256 g/mol. The summed E-state index contributed by atoms with van der Waals surface area (Å²) in [4.78, 5) is 4.26. The number of pyridine rings is 1. The van der Waals surface area contributed by atoms with E-state index in [2.05, 4.69) is 4.98 Å². The van der Waals surface area contributed by atoms with Crippen molar-refractivity contribution in [3.05, 3.63) is 23.8 Å². The highest BCUT2D eigenvalue weighted by Crippen LogP contribution is 2.37. The number of hydrogen-bond acceptors (Lipinski definition) is 3. The first kappa shape index (κ1) is 14.0. The Morgan fingerprint density at radius 3 is 2.40 bits per heavy atom. The predicted molar refractivity (Wildman–Crippen MR) is 76.3 cm³/mol. The van der Waals surface area contributed by atoms with Crippen molar-refractivity contribution in [3.8, 4) is 0 Å². The molecule has 1 aromatic rings. The standard InChI is InChI=1S/C15H21BFNO2/c1-14(2)15(3,4)20-16(19-14)12-8-11(17)9-18-13(12)7-10-5-6-10/h8-10H,5-7H2,1-4H3. The van der Waals surface area contributed by atoms with Gasteiger partial charge in [-0.2, -0.15) is 0 Å². The summed E-state index contributed by atoms with van der Waals surface area (Å²) in [5, 5.41) is 0. The van der Waals surface area contributed by atoms with Crippen molar-refractivity contribution in [1.29, 1.82) is 0 Å². The van der Waals surface area contributed by atoms with Crippen LogP contribution in [-0.4, -0.2) is 23.3 Å². The molecule has 1 saturated heterocycles. The Kier molecular flexibility index (Phi) is 3.18. The van der Waals surface area contributed by atoms with E-state index in [1.54, 1.807) is 0 Å². The maximum atomic E-state index is 13.6. The minimum atomic E-state index is -0.531. The molecule has 20 heavy (non-hydrogen) atoms. The molecule has 0 radical (unpaired) electrons. The summed E-state index contributed by atoms with van der Waals surface area (Å²) in [6.45, 7) is 8.00. The van der Waals surface area contributed by atoms with Crippen molar-refractivity contribution < 1.29 is 13.7 Å². The number of nitrogens with zero attached hydrogens (tertiary/aromatic N) is 1. The first-order valence-corrected chi connectivity index (χ1v) is 7.28. The summed E-state index contributed by atoms with van der Waals surface area (Å²) in [6.07, 6.45) is 4.65. The molecule has 1 aromatic heterocycles. The first-order valence-electron chi connectivity index (χ1n) is 7.28. The van der Waals surface area contributed by atoms with E-state index in [-0.39, 0.29) is 5.82 Å². The lowest BCUT2D eigenvalue weighted by molar-refractivity contribution is 0.00578. The average molecular weight is 277 g/mol. The van der Waals surface area contributed by atoms with E-state index < -0.39 is 18.3 Å². The van der Waals surface area contributed by atoms with Gasteiger partial charge in [-0.15, -0.1) is 0 Å². The Bertz CT molecular complexity index is 513. The molecule has 3 rings (SSSR count). The molecule has 2 fully saturated rings. The quantitative estimate of drug-likeness (QED) is 0.795. The normalized spacial score (nSPS) is 24.1. The fourth-order valence-corrected chi connectivity index (χ4v) is 2.42.